The van der Waals surface area contributed by atoms with Crippen molar-refractivity contribution in [3.8, 4) is 0 Å². The van der Waals surface area contributed by atoms with Crippen LogP contribution in [0.25, 0.3) is 0 Å². The molecule has 0 radical (unpaired) electrons. The van der Waals surface area contributed by atoms with E-state index in [1.165, 1.54) is 32.1 Å². The van der Waals surface area contributed by atoms with Crippen LogP contribution in [-0.2, 0) is 10.0 Å². The molecule has 3 fully saturated rings. The number of sulfonamides is 1. The molecule has 1 aromatic heterocycles. The van der Waals surface area contributed by atoms with Gasteiger partial charge >= 0.3 is 0 Å². The topological polar surface area (TPSA) is 76.7 Å². The number of hydrogen-bond acceptors (Lipinski definition) is 4. The van der Waals surface area contributed by atoms with Crippen LogP contribution in [0.2, 0.25) is 0 Å². The summed E-state index contributed by atoms with van der Waals surface area (Å²) in [5.41, 5.74) is 1.57. The Morgan fingerprint density at radius 3 is 2.10 bits per heavy atom. The molecular formula is C21H34N4O3S. The molecule has 2 aliphatic heterocycles. The van der Waals surface area contributed by atoms with E-state index in [0.717, 1.165) is 25.9 Å². The molecule has 0 atom stereocenters. The second-order valence-electron chi connectivity index (χ2n) is 8.81. The smallest absolute Gasteiger partial charge is 0.257 e. The summed E-state index contributed by atoms with van der Waals surface area (Å²) in [7, 11) is -3.70. The number of carbonyl (C=O) groups is 1. The van der Waals surface area contributed by atoms with Crippen LogP contribution in [-0.4, -0.2) is 78.7 Å². The van der Waals surface area contributed by atoms with Crippen LogP contribution in [0.3, 0.4) is 0 Å². The van der Waals surface area contributed by atoms with Crippen molar-refractivity contribution < 1.29 is 13.2 Å². The number of nitrogens with zero attached hydrogens (tertiary/aromatic N) is 3. The number of H-pyrrole nitrogens is 1. The Labute approximate surface area is 174 Å². The van der Waals surface area contributed by atoms with Crippen molar-refractivity contribution in [2.24, 2.45) is 0 Å². The monoisotopic (exact) mass is 422 g/mol. The van der Waals surface area contributed by atoms with Crippen molar-refractivity contribution in [1.29, 1.82) is 0 Å². The highest BCUT2D eigenvalue weighted by atomic mass is 32.2. The summed E-state index contributed by atoms with van der Waals surface area (Å²) in [4.78, 5) is 20.7. The van der Waals surface area contributed by atoms with Crippen LogP contribution < -0.4 is 0 Å². The quantitative estimate of drug-likeness (QED) is 0.809. The van der Waals surface area contributed by atoms with E-state index in [1.54, 1.807) is 23.1 Å². The van der Waals surface area contributed by atoms with E-state index in [0.29, 0.717) is 49.2 Å². The molecule has 0 unspecified atom stereocenters. The average Bonchev–Trinajstić information content (AvgIpc) is 3.36. The fourth-order valence-corrected chi connectivity index (χ4v) is 7.14. The third kappa shape index (κ3) is 3.99. The summed E-state index contributed by atoms with van der Waals surface area (Å²) in [6.45, 7) is 7.54. The molecule has 8 heteroatoms. The van der Waals surface area contributed by atoms with Crippen LogP contribution in [0, 0.1) is 13.8 Å². The maximum Gasteiger partial charge on any atom is 0.257 e. The van der Waals surface area contributed by atoms with Crippen LogP contribution in [0.5, 0.6) is 0 Å². The maximum absolute atomic E-state index is 13.6. The predicted molar refractivity (Wildman–Crippen MR) is 113 cm³/mol. The number of carbonyl (C=O) groups excluding carboxylic acids is 1. The number of amides is 1. The Bertz CT molecular complexity index is 844. The Hall–Kier alpha value is -1.38. The molecule has 29 heavy (non-hydrogen) atoms. The first kappa shape index (κ1) is 20.9. The molecule has 162 valence electrons. The molecule has 1 N–H and O–H groups in total. The molecule has 1 aliphatic carbocycles. The highest BCUT2D eigenvalue weighted by Gasteiger charge is 2.37. The van der Waals surface area contributed by atoms with Gasteiger partial charge in [-0.1, -0.05) is 19.3 Å². The zero-order valence-electron chi connectivity index (χ0n) is 17.7. The van der Waals surface area contributed by atoms with Gasteiger partial charge < -0.3 is 9.88 Å². The molecule has 3 heterocycles. The van der Waals surface area contributed by atoms with E-state index in [1.807, 2.05) is 0 Å². The van der Waals surface area contributed by atoms with Crippen molar-refractivity contribution >= 4 is 15.9 Å². The molecule has 1 aromatic rings. The van der Waals surface area contributed by atoms with Gasteiger partial charge in [0.1, 0.15) is 4.90 Å². The SMILES string of the molecule is Cc1[nH]c(C)c(S(=O)(=O)N2CCN(C3CCCCC3)CC2)c1C(=O)N1CCCC1. The summed E-state index contributed by atoms with van der Waals surface area (Å²) in [6, 6.07) is 0.608. The van der Waals surface area contributed by atoms with Gasteiger partial charge in [0.25, 0.3) is 5.91 Å². The summed E-state index contributed by atoms with van der Waals surface area (Å²) in [5.74, 6) is -0.149. The van der Waals surface area contributed by atoms with E-state index in [-0.39, 0.29) is 10.8 Å². The van der Waals surface area contributed by atoms with Crippen molar-refractivity contribution in [2.45, 2.75) is 69.7 Å². The summed E-state index contributed by atoms with van der Waals surface area (Å²) in [5, 5.41) is 0. The van der Waals surface area contributed by atoms with E-state index in [2.05, 4.69) is 9.88 Å². The minimum atomic E-state index is -3.70. The van der Waals surface area contributed by atoms with E-state index < -0.39 is 10.0 Å². The minimum Gasteiger partial charge on any atom is -0.361 e. The highest BCUT2D eigenvalue weighted by Crippen LogP contribution is 2.30. The molecule has 0 bridgehead atoms. The Balaban J connectivity index is 1.54. The van der Waals surface area contributed by atoms with Gasteiger partial charge in [0.15, 0.2) is 0 Å². The van der Waals surface area contributed by atoms with Crippen LogP contribution in [0.4, 0.5) is 0 Å². The number of aromatic amines is 1. The number of nitrogens with one attached hydrogen (secondary N) is 1. The van der Waals surface area contributed by atoms with Crippen LogP contribution >= 0.6 is 0 Å². The van der Waals surface area contributed by atoms with Gasteiger partial charge in [0.2, 0.25) is 10.0 Å². The van der Waals surface area contributed by atoms with Gasteiger partial charge in [-0.2, -0.15) is 4.31 Å². The number of hydrogen-bond donors (Lipinski definition) is 1. The molecule has 0 spiro atoms. The fourth-order valence-electron chi connectivity index (χ4n) is 5.30. The van der Waals surface area contributed by atoms with Gasteiger partial charge in [-0.15, -0.1) is 0 Å². The molecule has 4 rings (SSSR count). The number of rotatable bonds is 4. The van der Waals surface area contributed by atoms with E-state index in [4.69, 9.17) is 0 Å². The molecular weight excluding hydrogens is 388 g/mol. The van der Waals surface area contributed by atoms with Crippen LogP contribution in [0.1, 0.15) is 66.7 Å². The predicted octanol–water partition coefficient (Wildman–Crippen LogP) is 2.51. The normalized spacial score (nSPS) is 23.0. The highest BCUT2D eigenvalue weighted by molar-refractivity contribution is 7.89. The second kappa shape index (κ2) is 8.40. The Morgan fingerprint density at radius 1 is 0.862 bits per heavy atom. The number of likely N-dealkylation sites (tertiary alicyclic amines) is 1. The standard InChI is InChI=1S/C21H34N4O3S/c1-16-19(21(26)24-10-6-7-11-24)20(17(2)22-16)29(27,28)25-14-12-23(13-15-25)18-8-4-3-5-9-18/h18,22H,3-15H2,1-2H3. The van der Waals surface area contributed by atoms with Gasteiger partial charge in [0, 0.05) is 56.7 Å². The molecule has 1 saturated carbocycles. The molecule has 7 nitrogen and oxygen atoms in total. The summed E-state index contributed by atoms with van der Waals surface area (Å²) in [6.07, 6.45) is 8.33. The van der Waals surface area contributed by atoms with E-state index in [9.17, 15) is 13.2 Å². The van der Waals surface area contributed by atoms with Gasteiger partial charge in [0.05, 0.1) is 5.56 Å². The average molecular weight is 423 g/mol. The lowest BCUT2D eigenvalue weighted by Gasteiger charge is -2.40. The van der Waals surface area contributed by atoms with Crippen molar-refractivity contribution in [2.75, 3.05) is 39.3 Å². The number of aromatic nitrogens is 1. The van der Waals surface area contributed by atoms with Crippen molar-refractivity contribution in [3.63, 3.8) is 0 Å². The number of aryl methyl sites for hydroxylation is 2. The lowest BCUT2D eigenvalue weighted by atomic mass is 9.94. The van der Waals surface area contributed by atoms with Crippen LogP contribution in [0.15, 0.2) is 4.90 Å². The Kier molecular flexibility index (Phi) is 6.04. The molecule has 2 saturated heterocycles. The molecule has 1 amide bonds. The first-order chi connectivity index (χ1) is 13.9. The zero-order valence-corrected chi connectivity index (χ0v) is 18.6. The van der Waals surface area contributed by atoms with E-state index >= 15 is 0 Å². The molecule has 0 aromatic carbocycles. The largest absolute Gasteiger partial charge is 0.361 e. The zero-order chi connectivity index (χ0) is 20.6. The first-order valence-electron chi connectivity index (χ1n) is 11.1. The minimum absolute atomic E-state index is 0.149. The third-order valence-corrected chi connectivity index (χ3v) is 8.96. The molecule has 3 aliphatic rings. The van der Waals surface area contributed by atoms with Gasteiger partial charge in [-0.3, -0.25) is 9.69 Å². The first-order valence-corrected chi connectivity index (χ1v) is 12.6. The number of piperazine rings is 1. The summed E-state index contributed by atoms with van der Waals surface area (Å²) < 4.78 is 28.7. The Morgan fingerprint density at radius 2 is 1.48 bits per heavy atom. The lowest BCUT2D eigenvalue weighted by Crippen LogP contribution is -2.52. The van der Waals surface area contributed by atoms with Crippen molar-refractivity contribution in [1.82, 2.24) is 19.1 Å². The summed E-state index contributed by atoms with van der Waals surface area (Å²) >= 11 is 0. The fraction of sp³-hybridized carbons (Fsp3) is 0.762. The third-order valence-electron chi connectivity index (χ3n) is 6.89. The lowest BCUT2D eigenvalue weighted by molar-refractivity contribution is 0.0788. The van der Waals surface area contributed by atoms with Gasteiger partial charge in [-0.25, -0.2) is 8.42 Å². The maximum atomic E-state index is 13.6. The second-order valence-corrected chi connectivity index (χ2v) is 10.7. The van der Waals surface area contributed by atoms with Gasteiger partial charge in [-0.05, 0) is 39.5 Å². The van der Waals surface area contributed by atoms with Crippen molar-refractivity contribution in [3.05, 3.63) is 17.0 Å².